The molecule has 0 spiro atoms. The van der Waals surface area contributed by atoms with Crippen LogP contribution in [0.2, 0.25) is 0 Å². The molecule has 0 radical (unpaired) electrons. The summed E-state index contributed by atoms with van der Waals surface area (Å²) in [4.78, 5) is 34.4. The van der Waals surface area contributed by atoms with E-state index in [9.17, 15) is 9.59 Å². The number of ether oxygens (including phenoxy) is 1. The van der Waals surface area contributed by atoms with Crippen molar-refractivity contribution in [3.63, 3.8) is 0 Å². The van der Waals surface area contributed by atoms with E-state index in [-0.39, 0.29) is 18.0 Å². The molecule has 2 aromatic rings. The van der Waals surface area contributed by atoms with Gasteiger partial charge in [-0.1, -0.05) is 12.1 Å². The van der Waals surface area contributed by atoms with Gasteiger partial charge < -0.3 is 9.57 Å². The second-order valence-corrected chi connectivity index (χ2v) is 8.79. The van der Waals surface area contributed by atoms with Gasteiger partial charge in [-0.05, 0) is 52.2 Å². The van der Waals surface area contributed by atoms with Crippen molar-refractivity contribution in [2.45, 2.75) is 46.1 Å². The molecule has 1 aliphatic heterocycles. The molecule has 150 valence electrons. The summed E-state index contributed by atoms with van der Waals surface area (Å²) in [7, 11) is 1.37. The Balaban J connectivity index is 1.77. The van der Waals surface area contributed by atoms with Gasteiger partial charge in [-0.3, -0.25) is 0 Å². The predicted molar refractivity (Wildman–Crippen MR) is 108 cm³/mol. The van der Waals surface area contributed by atoms with Gasteiger partial charge in [0.05, 0.1) is 29.8 Å². The molecule has 0 saturated carbocycles. The average molecular weight is 403 g/mol. The number of esters is 1. The summed E-state index contributed by atoms with van der Waals surface area (Å²) in [5.74, 6) is -0.585. The molecule has 0 N–H and O–H groups in total. The van der Waals surface area contributed by atoms with Crippen molar-refractivity contribution >= 4 is 23.3 Å². The highest BCUT2D eigenvalue weighted by atomic mass is 32.1. The summed E-state index contributed by atoms with van der Waals surface area (Å²) < 4.78 is 4.73. The lowest BCUT2D eigenvalue weighted by molar-refractivity contribution is -0.218. The number of benzene rings is 1. The van der Waals surface area contributed by atoms with Gasteiger partial charge >= 0.3 is 11.9 Å². The molecule has 6 nitrogen and oxygen atoms in total. The monoisotopic (exact) mass is 402 g/mol. The van der Waals surface area contributed by atoms with Crippen LogP contribution in [0, 0.1) is 5.41 Å². The highest BCUT2D eigenvalue weighted by Gasteiger charge is 2.33. The maximum atomic E-state index is 12.3. The second-order valence-electron chi connectivity index (χ2n) is 7.93. The Kier molecular flexibility index (Phi) is 6.15. The number of nitrogens with zero attached hydrogens (tertiary/aromatic N) is 2. The van der Waals surface area contributed by atoms with E-state index in [1.165, 1.54) is 7.11 Å². The predicted octanol–water partition coefficient (Wildman–Crippen LogP) is 4.63. The molecule has 0 unspecified atom stereocenters. The van der Waals surface area contributed by atoms with Crippen LogP contribution in [-0.2, 0) is 14.4 Å². The Hall–Kier alpha value is -2.25. The summed E-state index contributed by atoms with van der Waals surface area (Å²) in [5.41, 5.74) is 1.82. The van der Waals surface area contributed by atoms with Crippen molar-refractivity contribution in [2.24, 2.45) is 5.41 Å². The molecule has 2 heterocycles. The summed E-state index contributed by atoms with van der Waals surface area (Å²) in [6.07, 6.45) is 2.98. The maximum absolute atomic E-state index is 12.3. The zero-order valence-corrected chi connectivity index (χ0v) is 17.5. The molecule has 28 heavy (non-hydrogen) atoms. The third-order valence-electron chi connectivity index (χ3n) is 4.68. The van der Waals surface area contributed by atoms with Crippen molar-refractivity contribution in [1.82, 2.24) is 10.0 Å². The van der Waals surface area contributed by atoms with Crippen molar-refractivity contribution in [3.05, 3.63) is 40.9 Å². The maximum Gasteiger partial charge on any atom is 0.337 e. The quantitative estimate of drug-likeness (QED) is 0.695. The topological polar surface area (TPSA) is 68.7 Å². The molecule has 0 amide bonds. The van der Waals surface area contributed by atoms with Crippen LogP contribution in [0.1, 0.15) is 62.1 Å². The van der Waals surface area contributed by atoms with Crippen LogP contribution in [0.5, 0.6) is 0 Å². The van der Waals surface area contributed by atoms with Crippen LogP contribution in [-0.4, -0.2) is 35.6 Å². The molecule has 7 heteroatoms. The first-order chi connectivity index (χ1) is 13.3. The van der Waals surface area contributed by atoms with E-state index in [0.717, 1.165) is 35.5 Å². The Morgan fingerprint density at radius 3 is 2.54 bits per heavy atom. The van der Waals surface area contributed by atoms with Gasteiger partial charge in [-0.25, -0.2) is 14.6 Å². The fraction of sp³-hybridized carbons (Fsp3) is 0.476. The van der Waals surface area contributed by atoms with E-state index in [0.29, 0.717) is 12.1 Å². The first-order valence-corrected chi connectivity index (χ1v) is 10.3. The molecule has 1 aliphatic rings. The van der Waals surface area contributed by atoms with Crippen LogP contribution in [0.25, 0.3) is 10.6 Å². The zero-order chi connectivity index (χ0) is 20.3. The van der Waals surface area contributed by atoms with E-state index < -0.39 is 5.41 Å². The third-order valence-corrected chi connectivity index (χ3v) is 5.59. The number of hydrogen-bond donors (Lipinski definition) is 0. The van der Waals surface area contributed by atoms with Gasteiger partial charge in [-0.15, -0.1) is 16.4 Å². The third kappa shape index (κ3) is 4.59. The molecule has 3 rings (SSSR count). The van der Waals surface area contributed by atoms with Crippen LogP contribution in [0.3, 0.4) is 0 Å². The molecule has 1 fully saturated rings. The fourth-order valence-corrected chi connectivity index (χ4v) is 3.86. The summed E-state index contributed by atoms with van der Waals surface area (Å²) >= 11 is 1.55. The van der Waals surface area contributed by atoms with Gasteiger partial charge in [0, 0.05) is 17.5 Å². The Morgan fingerprint density at radius 2 is 1.89 bits per heavy atom. The van der Waals surface area contributed by atoms with Crippen LogP contribution < -0.4 is 0 Å². The molecule has 1 aromatic carbocycles. The highest BCUT2D eigenvalue weighted by molar-refractivity contribution is 7.13. The number of aromatic nitrogens is 1. The Bertz CT molecular complexity index is 839. The van der Waals surface area contributed by atoms with Crippen molar-refractivity contribution in [2.75, 3.05) is 13.7 Å². The first-order valence-electron chi connectivity index (χ1n) is 9.43. The van der Waals surface area contributed by atoms with Gasteiger partial charge in [0.15, 0.2) is 0 Å². The number of methoxy groups -OCH3 is 1. The summed E-state index contributed by atoms with van der Waals surface area (Å²) in [5, 5.41) is 4.69. The SMILES string of the molecule is COC(=O)c1ccc(-c2nc([C@H]3CCCCN3OC(=O)C(C)(C)C)cs2)cc1. The Labute approximate surface area is 169 Å². The van der Waals surface area contributed by atoms with Gasteiger partial charge in [-0.2, -0.15) is 0 Å². The minimum Gasteiger partial charge on any atom is -0.465 e. The van der Waals surface area contributed by atoms with Gasteiger partial charge in [0.2, 0.25) is 0 Å². The second kappa shape index (κ2) is 8.41. The van der Waals surface area contributed by atoms with Crippen LogP contribution in [0.4, 0.5) is 0 Å². The van der Waals surface area contributed by atoms with Gasteiger partial charge in [0.1, 0.15) is 5.01 Å². The van der Waals surface area contributed by atoms with Gasteiger partial charge in [0.25, 0.3) is 0 Å². The molecular weight excluding hydrogens is 376 g/mol. The number of hydroxylamine groups is 2. The highest BCUT2D eigenvalue weighted by Crippen LogP contribution is 2.35. The molecule has 1 saturated heterocycles. The Morgan fingerprint density at radius 1 is 1.18 bits per heavy atom. The summed E-state index contributed by atoms with van der Waals surface area (Å²) in [6.45, 7) is 6.28. The lowest BCUT2D eigenvalue weighted by Gasteiger charge is -2.34. The minimum absolute atomic E-state index is 0.0283. The first kappa shape index (κ1) is 20.5. The number of rotatable bonds is 4. The molecule has 0 bridgehead atoms. The van der Waals surface area contributed by atoms with Crippen LogP contribution in [0.15, 0.2) is 29.6 Å². The van der Waals surface area contributed by atoms with Crippen molar-refractivity contribution in [1.29, 1.82) is 0 Å². The number of piperidine rings is 1. The van der Waals surface area contributed by atoms with E-state index in [2.05, 4.69) is 0 Å². The fourth-order valence-electron chi connectivity index (χ4n) is 2.99. The molecule has 1 atom stereocenters. The number of thiazole rings is 1. The summed E-state index contributed by atoms with van der Waals surface area (Å²) in [6, 6.07) is 7.18. The molecular formula is C21H26N2O4S. The molecule has 0 aliphatic carbocycles. The van der Waals surface area contributed by atoms with Crippen molar-refractivity contribution in [3.8, 4) is 10.6 Å². The van der Waals surface area contributed by atoms with E-state index in [1.807, 2.05) is 38.3 Å². The smallest absolute Gasteiger partial charge is 0.337 e. The number of carbonyl (C=O) groups excluding carboxylic acids is 2. The lowest BCUT2D eigenvalue weighted by Crippen LogP contribution is -2.39. The average Bonchev–Trinajstić information content (AvgIpc) is 3.17. The zero-order valence-electron chi connectivity index (χ0n) is 16.7. The van der Waals surface area contributed by atoms with E-state index in [1.54, 1.807) is 28.5 Å². The lowest BCUT2D eigenvalue weighted by atomic mass is 9.97. The normalized spacial score (nSPS) is 17.9. The minimum atomic E-state index is -0.545. The van der Waals surface area contributed by atoms with E-state index in [4.69, 9.17) is 14.6 Å². The van der Waals surface area contributed by atoms with E-state index >= 15 is 0 Å². The van der Waals surface area contributed by atoms with Crippen LogP contribution >= 0.6 is 11.3 Å². The van der Waals surface area contributed by atoms with Crippen molar-refractivity contribution < 1.29 is 19.2 Å². The number of hydrogen-bond acceptors (Lipinski definition) is 7. The standard InChI is InChI=1S/C21H26N2O4S/c1-21(2,3)20(25)27-23-12-6-5-7-17(23)16-13-28-18(22-16)14-8-10-15(11-9-14)19(24)26-4/h8-11,13,17H,5-7,12H2,1-4H3/t17-/m1/s1. The number of carbonyl (C=O) groups is 2. The largest absolute Gasteiger partial charge is 0.465 e. The molecule has 1 aromatic heterocycles.